The third kappa shape index (κ3) is 3.82. The van der Waals surface area contributed by atoms with Crippen molar-refractivity contribution >= 4 is 17.9 Å². The Labute approximate surface area is 111 Å². The fourth-order valence-corrected chi connectivity index (χ4v) is 1.67. The molecule has 0 aromatic carbocycles. The van der Waals surface area contributed by atoms with Gasteiger partial charge in [0.25, 0.3) is 0 Å². The maximum absolute atomic E-state index is 12.1. The number of amides is 3. The van der Waals surface area contributed by atoms with Gasteiger partial charge in [0.1, 0.15) is 6.54 Å². The maximum atomic E-state index is 12.1. The first-order valence-corrected chi connectivity index (χ1v) is 5.87. The van der Waals surface area contributed by atoms with Gasteiger partial charge in [0.2, 0.25) is 5.91 Å². The minimum Gasteiger partial charge on any atom is -0.480 e. The van der Waals surface area contributed by atoms with Crippen molar-refractivity contribution < 1.29 is 24.2 Å². The number of carbonyl (C=O) groups is 3. The molecule has 0 bridgehead atoms. The molecule has 1 heterocycles. The summed E-state index contributed by atoms with van der Waals surface area (Å²) in [6.07, 6.45) is 0. The van der Waals surface area contributed by atoms with E-state index in [1.54, 1.807) is 14.1 Å². The monoisotopic (exact) mass is 273 g/mol. The number of carboxylic acids is 1. The van der Waals surface area contributed by atoms with Gasteiger partial charge >= 0.3 is 12.0 Å². The smallest absolute Gasteiger partial charge is 0.328 e. The molecule has 1 unspecified atom stereocenters. The molecule has 0 aliphatic carbocycles. The van der Waals surface area contributed by atoms with E-state index in [0.29, 0.717) is 6.61 Å². The summed E-state index contributed by atoms with van der Waals surface area (Å²) in [7, 11) is 4.66. The topological polar surface area (TPSA) is 90.4 Å². The molecule has 1 atom stereocenters. The second-order valence-electron chi connectivity index (χ2n) is 4.55. The largest absolute Gasteiger partial charge is 0.480 e. The lowest BCUT2D eigenvalue weighted by atomic mass is 10.2. The van der Waals surface area contributed by atoms with Crippen molar-refractivity contribution in [2.24, 2.45) is 0 Å². The standard InChI is InChI=1S/C11H19N3O5/c1-12(2)9(15)6-13(3)11(18)14-4-5-19-7-8(14)10(16)17/h8H,4-7H2,1-3H3,(H,16,17). The van der Waals surface area contributed by atoms with E-state index in [1.165, 1.54) is 21.7 Å². The maximum Gasteiger partial charge on any atom is 0.328 e. The minimum atomic E-state index is -1.11. The van der Waals surface area contributed by atoms with Crippen molar-refractivity contribution in [2.75, 3.05) is 47.4 Å². The highest BCUT2D eigenvalue weighted by Crippen LogP contribution is 2.10. The van der Waals surface area contributed by atoms with Crippen LogP contribution >= 0.6 is 0 Å². The first-order valence-electron chi connectivity index (χ1n) is 5.87. The number of hydrogen-bond donors (Lipinski definition) is 1. The highest BCUT2D eigenvalue weighted by molar-refractivity contribution is 5.86. The molecule has 8 nitrogen and oxygen atoms in total. The number of carboxylic acid groups (broad SMARTS) is 1. The molecule has 3 amide bonds. The van der Waals surface area contributed by atoms with E-state index in [9.17, 15) is 14.4 Å². The van der Waals surface area contributed by atoms with Crippen LogP contribution in [-0.2, 0) is 14.3 Å². The zero-order valence-corrected chi connectivity index (χ0v) is 11.3. The molecule has 0 radical (unpaired) electrons. The van der Waals surface area contributed by atoms with Gasteiger partial charge in [-0.3, -0.25) is 4.79 Å². The van der Waals surface area contributed by atoms with Crippen LogP contribution in [0.25, 0.3) is 0 Å². The number of aliphatic carboxylic acids is 1. The van der Waals surface area contributed by atoms with Crippen LogP contribution in [0.15, 0.2) is 0 Å². The molecule has 1 aliphatic rings. The van der Waals surface area contributed by atoms with Gasteiger partial charge in [0.15, 0.2) is 6.04 Å². The number of urea groups is 1. The van der Waals surface area contributed by atoms with Crippen molar-refractivity contribution in [3.05, 3.63) is 0 Å². The summed E-state index contributed by atoms with van der Waals surface area (Å²) in [5.74, 6) is -1.34. The van der Waals surface area contributed by atoms with E-state index in [-0.39, 0.29) is 25.6 Å². The van der Waals surface area contributed by atoms with Crippen LogP contribution in [0.1, 0.15) is 0 Å². The van der Waals surface area contributed by atoms with Gasteiger partial charge in [-0.05, 0) is 0 Å². The molecule has 19 heavy (non-hydrogen) atoms. The second kappa shape index (κ2) is 6.37. The molecule has 1 aliphatic heterocycles. The predicted octanol–water partition coefficient (Wildman–Crippen LogP) is -1.09. The Hall–Kier alpha value is -1.83. The molecule has 108 valence electrons. The Morgan fingerprint density at radius 1 is 1.32 bits per heavy atom. The fraction of sp³-hybridized carbons (Fsp3) is 0.727. The molecule has 1 fully saturated rings. The van der Waals surface area contributed by atoms with E-state index < -0.39 is 18.0 Å². The molecule has 0 aromatic rings. The fourth-order valence-electron chi connectivity index (χ4n) is 1.67. The number of rotatable bonds is 3. The number of ether oxygens (including phenoxy) is 1. The first-order chi connectivity index (χ1) is 8.84. The van der Waals surface area contributed by atoms with E-state index >= 15 is 0 Å². The van der Waals surface area contributed by atoms with Crippen molar-refractivity contribution in [3.8, 4) is 0 Å². The van der Waals surface area contributed by atoms with Gasteiger partial charge in [0, 0.05) is 27.7 Å². The van der Waals surface area contributed by atoms with Gasteiger partial charge in [-0.15, -0.1) is 0 Å². The van der Waals surface area contributed by atoms with Gasteiger partial charge in [-0.25, -0.2) is 9.59 Å². The molecular formula is C11H19N3O5. The number of nitrogens with zero attached hydrogens (tertiary/aromatic N) is 3. The Balaban J connectivity index is 2.68. The summed E-state index contributed by atoms with van der Waals surface area (Å²) in [6.45, 7) is 0.382. The Morgan fingerprint density at radius 2 is 1.95 bits per heavy atom. The van der Waals surface area contributed by atoms with Crippen molar-refractivity contribution in [1.82, 2.24) is 14.7 Å². The summed E-state index contributed by atoms with van der Waals surface area (Å²) >= 11 is 0. The zero-order chi connectivity index (χ0) is 14.6. The Morgan fingerprint density at radius 3 is 2.47 bits per heavy atom. The van der Waals surface area contributed by atoms with Crippen LogP contribution in [0.3, 0.4) is 0 Å². The normalized spacial score (nSPS) is 18.9. The molecule has 1 N–H and O–H groups in total. The van der Waals surface area contributed by atoms with Crippen molar-refractivity contribution in [3.63, 3.8) is 0 Å². The van der Waals surface area contributed by atoms with E-state index in [4.69, 9.17) is 9.84 Å². The molecular weight excluding hydrogens is 254 g/mol. The van der Waals surface area contributed by atoms with E-state index in [0.717, 1.165) is 0 Å². The summed E-state index contributed by atoms with van der Waals surface area (Å²) in [4.78, 5) is 38.5. The second-order valence-corrected chi connectivity index (χ2v) is 4.55. The number of hydrogen-bond acceptors (Lipinski definition) is 4. The third-order valence-corrected chi connectivity index (χ3v) is 2.86. The number of likely N-dealkylation sites (N-methyl/N-ethyl adjacent to an activating group) is 2. The lowest BCUT2D eigenvalue weighted by molar-refractivity contribution is -0.147. The van der Waals surface area contributed by atoms with Crippen LogP contribution in [-0.4, -0.2) is 91.2 Å². The average Bonchev–Trinajstić information content (AvgIpc) is 2.37. The van der Waals surface area contributed by atoms with Crippen LogP contribution in [0, 0.1) is 0 Å². The van der Waals surface area contributed by atoms with E-state index in [1.807, 2.05) is 0 Å². The third-order valence-electron chi connectivity index (χ3n) is 2.86. The van der Waals surface area contributed by atoms with Crippen molar-refractivity contribution in [2.45, 2.75) is 6.04 Å². The summed E-state index contributed by atoms with van der Waals surface area (Å²) in [6, 6.07) is -1.48. The van der Waals surface area contributed by atoms with Crippen LogP contribution in [0.5, 0.6) is 0 Å². The SMILES string of the molecule is CN(C)C(=O)CN(C)C(=O)N1CCOCC1C(=O)O. The average molecular weight is 273 g/mol. The molecule has 0 aromatic heterocycles. The lowest BCUT2D eigenvalue weighted by Crippen LogP contribution is -2.56. The first kappa shape index (κ1) is 15.2. The molecule has 0 saturated carbocycles. The Bertz CT molecular complexity index is 371. The van der Waals surface area contributed by atoms with Gasteiger partial charge in [-0.1, -0.05) is 0 Å². The van der Waals surface area contributed by atoms with Crippen LogP contribution in [0.2, 0.25) is 0 Å². The zero-order valence-electron chi connectivity index (χ0n) is 11.3. The van der Waals surface area contributed by atoms with Crippen LogP contribution < -0.4 is 0 Å². The number of carbonyl (C=O) groups excluding carboxylic acids is 2. The van der Waals surface area contributed by atoms with Gasteiger partial charge < -0.3 is 24.5 Å². The minimum absolute atomic E-state index is 0.0312. The lowest BCUT2D eigenvalue weighted by Gasteiger charge is -2.35. The van der Waals surface area contributed by atoms with E-state index in [2.05, 4.69) is 0 Å². The van der Waals surface area contributed by atoms with Crippen molar-refractivity contribution in [1.29, 1.82) is 0 Å². The van der Waals surface area contributed by atoms with Crippen LogP contribution in [0.4, 0.5) is 4.79 Å². The molecule has 1 saturated heterocycles. The number of morpholine rings is 1. The summed E-state index contributed by atoms with van der Waals surface area (Å²) in [5, 5.41) is 9.04. The van der Waals surface area contributed by atoms with Gasteiger partial charge in [0.05, 0.1) is 13.2 Å². The van der Waals surface area contributed by atoms with Gasteiger partial charge in [-0.2, -0.15) is 0 Å². The Kier molecular flexibility index (Phi) is 5.11. The summed E-state index contributed by atoms with van der Waals surface area (Å²) < 4.78 is 5.05. The quantitative estimate of drug-likeness (QED) is 0.706. The predicted molar refractivity (Wildman–Crippen MR) is 65.7 cm³/mol. The summed E-state index contributed by atoms with van der Waals surface area (Å²) in [5.41, 5.74) is 0. The molecule has 8 heteroatoms. The highest BCUT2D eigenvalue weighted by atomic mass is 16.5. The molecule has 1 rings (SSSR count). The highest BCUT2D eigenvalue weighted by Gasteiger charge is 2.34. The molecule has 0 spiro atoms.